The summed E-state index contributed by atoms with van der Waals surface area (Å²) in [7, 11) is 0. The maximum atomic E-state index is 12.3. The molecule has 0 spiro atoms. The molecule has 142 valence electrons. The Balaban J connectivity index is 1.43. The van der Waals surface area contributed by atoms with E-state index in [1.165, 1.54) is 6.08 Å². The van der Waals surface area contributed by atoms with Crippen LogP contribution in [0.25, 0.3) is 6.08 Å². The summed E-state index contributed by atoms with van der Waals surface area (Å²) in [5.41, 5.74) is 1.88. The molecule has 27 heavy (non-hydrogen) atoms. The first kappa shape index (κ1) is 18.8. The molecule has 0 unspecified atom stereocenters. The van der Waals surface area contributed by atoms with Gasteiger partial charge in [0.15, 0.2) is 0 Å². The molecule has 1 saturated carbocycles. The number of rotatable bonds is 7. The maximum Gasteiger partial charge on any atom is 0.244 e. The van der Waals surface area contributed by atoms with E-state index in [2.05, 4.69) is 20.6 Å². The number of hydrogen-bond acceptors (Lipinski definition) is 4. The van der Waals surface area contributed by atoms with Gasteiger partial charge in [0.2, 0.25) is 11.8 Å². The number of amides is 2. The van der Waals surface area contributed by atoms with Gasteiger partial charge in [0.1, 0.15) is 0 Å². The molecule has 1 aromatic carbocycles. The van der Waals surface area contributed by atoms with E-state index < -0.39 is 12.1 Å². The number of benzene rings is 1. The number of carbonyl (C=O) groups is 2. The van der Waals surface area contributed by atoms with Crippen LogP contribution in [0.5, 0.6) is 0 Å². The van der Waals surface area contributed by atoms with Crippen LogP contribution < -0.4 is 10.6 Å². The Kier molecular flexibility index (Phi) is 6.38. The number of aromatic amines is 1. The predicted molar refractivity (Wildman–Crippen MR) is 101 cm³/mol. The van der Waals surface area contributed by atoms with Crippen molar-refractivity contribution in [3.05, 3.63) is 60.2 Å². The maximum absolute atomic E-state index is 12.3. The molecular formula is C20H24N4O3. The van der Waals surface area contributed by atoms with E-state index in [0.717, 1.165) is 11.3 Å². The van der Waals surface area contributed by atoms with Gasteiger partial charge in [-0.3, -0.25) is 9.59 Å². The van der Waals surface area contributed by atoms with Crippen LogP contribution in [0, 0.1) is 5.92 Å². The summed E-state index contributed by atoms with van der Waals surface area (Å²) in [5.74, 6) is -0.668. The fourth-order valence-corrected chi connectivity index (χ4v) is 3.24. The van der Waals surface area contributed by atoms with Crippen LogP contribution in [0.3, 0.4) is 0 Å². The van der Waals surface area contributed by atoms with Gasteiger partial charge in [-0.15, -0.1) is 0 Å². The van der Waals surface area contributed by atoms with Gasteiger partial charge in [-0.05, 0) is 24.5 Å². The first-order valence-electron chi connectivity index (χ1n) is 9.08. The summed E-state index contributed by atoms with van der Waals surface area (Å²) >= 11 is 0. The Morgan fingerprint density at radius 1 is 1.26 bits per heavy atom. The number of nitrogens with zero attached hydrogens (tertiary/aromatic N) is 1. The quantitative estimate of drug-likeness (QED) is 0.548. The van der Waals surface area contributed by atoms with E-state index in [4.69, 9.17) is 0 Å². The van der Waals surface area contributed by atoms with Gasteiger partial charge in [0.05, 0.1) is 18.5 Å². The van der Waals surface area contributed by atoms with Crippen LogP contribution in [0.2, 0.25) is 0 Å². The molecule has 1 aliphatic carbocycles. The van der Waals surface area contributed by atoms with Crippen LogP contribution in [0.4, 0.5) is 0 Å². The number of aromatic nitrogens is 2. The largest absolute Gasteiger partial charge is 0.391 e. The Hall–Kier alpha value is -2.93. The lowest BCUT2D eigenvalue weighted by Crippen LogP contribution is -2.39. The normalized spacial score (nSPS) is 22.0. The van der Waals surface area contributed by atoms with Crippen molar-refractivity contribution < 1.29 is 14.7 Å². The average molecular weight is 368 g/mol. The molecule has 0 aliphatic heterocycles. The monoisotopic (exact) mass is 368 g/mol. The van der Waals surface area contributed by atoms with Crippen LogP contribution >= 0.6 is 0 Å². The lowest BCUT2D eigenvalue weighted by Gasteiger charge is -2.15. The lowest BCUT2D eigenvalue weighted by molar-refractivity contribution is -0.125. The second kappa shape index (κ2) is 9.14. The number of hydrogen-bond donors (Lipinski definition) is 4. The van der Waals surface area contributed by atoms with Gasteiger partial charge in [0, 0.05) is 36.9 Å². The number of H-pyrrole nitrogens is 1. The van der Waals surface area contributed by atoms with Gasteiger partial charge >= 0.3 is 0 Å². The molecule has 1 aliphatic rings. The highest BCUT2D eigenvalue weighted by molar-refractivity contribution is 5.92. The number of carbonyl (C=O) groups excluding carboxylic acids is 2. The Labute approximate surface area is 157 Å². The van der Waals surface area contributed by atoms with E-state index >= 15 is 0 Å². The van der Waals surface area contributed by atoms with Crippen molar-refractivity contribution in [2.24, 2.45) is 5.92 Å². The zero-order valence-electron chi connectivity index (χ0n) is 15.0. The molecule has 2 aromatic rings. The molecule has 0 bridgehead atoms. The third-order valence-electron chi connectivity index (χ3n) is 4.70. The third kappa shape index (κ3) is 5.52. The Morgan fingerprint density at radius 3 is 2.81 bits per heavy atom. The van der Waals surface area contributed by atoms with E-state index in [1.54, 1.807) is 18.6 Å². The van der Waals surface area contributed by atoms with Crippen LogP contribution in [0.15, 0.2) is 48.9 Å². The fourth-order valence-electron chi connectivity index (χ4n) is 3.24. The molecule has 0 radical (unpaired) electrons. The summed E-state index contributed by atoms with van der Waals surface area (Å²) in [6, 6.07) is 9.09. The van der Waals surface area contributed by atoms with Crippen molar-refractivity contribution in [1.82, 2.24) is 20.6 Å². The highest BCUT2D eigenvalue weighted by Crippen LogP contribution is 2.26. The van der Waals surface area contributed by atoms with E-state index in [9.17, 15) is 14.7 Å². The zero-order valence-corrected chi connectivity index (χ0v) is 15.0. The van der Waals surface area contributed by atoms with Gasteiger partial charge in [-0.2, -0.15) is 0 Å². The molecule has 3 atom stereocenters. The molecule has 3 rings (SSSR count). The van der Waals surface area contributed by atoms with Crippen molar-refractivity contribution in [3.8, 4) is 0 Å². The van der Waals surface area contributed by atoms with Crippen molar-refractivity contribution in [3.63, 3.8) is 0 Å². The van der Waals surface area contributed by atoms with Crippen molar-refractivity contribution in [2.75, 3.05) is 6.54 Å². The van der Waals surface area contributed by atoms with Crippen molar-refractivity contribution in [1.29, 1.82) is 0 Å². The van der Waals surface area contributed by atoms with Gasteiger partial charge < -0.3 is 20.7 Å². The second-order valence-electron chi connectivity index (χ2n) is 6.71. The number of imidazole rings is 1. The van der Waals surface area contributed by atoms with Gasteiger partial charge in [-0.25, -0.2) is 4.98 Å². The average Bonchev–Trinajstić information content (AvgIpc) is 3.31. The molecular weight excluding hydrogens is 344 g/mol. The number of nitrogens with one attached hydrogen (secondary N) is 3. The molecule has 1 fully saturated rings. The molecule has 0 saturated heterocycles. The smallest absolute Gasteiger partial charge is 0.244 e. The molecule has 1 aromatic heterocycles. The predicted octanol–water partition coefficient (Wildman–Crippen LogP) is 1.04. The first-order valence-corrected chi connectivity index (χ1v) is 9.08. The second-order valence-corrected chi connectivity index (χ2v) is 6.71. The summed E-state index contributed by atoms with van der Waals surface area (Å²) in [6.45, 7) is 0.504. The topological polar surface area (TPSA) is 107 Å². The van der Waals surface area contributed by atoms with E-state index in [-0.39, 0.29) is 17.7 Å². The zero-order chi connectivity index (χ0) is 19.1. The van der Waals surface area contributed by atoms with Crippen LogP contribution in [0.1, 0.15) is 24.1 Å². The minimum absolute atomic E-state index is 0.0925. The summed E-state index contributed by atoms with van der Waals surface area (Å²) in [5, 5.41) is 15.9. The van der Waals surface area contributed by atoms with Crippen molar-refractivity contribution in [2.45, 2.75) is 31.4 Å². The Bertz CT molecular complexity index is 774. The SMILES string of the molecule is O=C(C=Cc1ccccc1)N[C@@H]1C[C@H](C(=O)NCCc2cnc[nH]2)C[C@H]1O. The van der Waals surface area contributed by atoms with Crippen LogP contribution in [-0.2, 0) is 16.0 Å². The first-order chi connectivity index (χ1) is 13.1. The Morgan fingerprint density at radius 2 is 2.07 bits per heavy atom. The number of aliphatic hydroxyl groups excluding tert-OH is 1. The highest BCUT2D eigenvalue weighted by Gasteiger charge is 2.37. The van der Waals surface area contributed by atoms with E-state index in [1.807, 2.05) is 30.3 Å². The van der Waals surface area contributed by atoms with Crippen LogP contribution in [-0.4, -0.2) is 45.6 Å². The minimum atomic E-state index is -0.720. The minimum Gasteiger partial charge on any atom is -0.391 e. The van der Waals surface area contributed by atoms with Gasteiger partial charge in [-0.1, -0.05) is 30.3 Å². The molecule has 4 N–H and O–H groups in total. The molecule has 1 heterocycles. The molecule has 2 amide bonds. The van der Waals surface area contributed by atoms with Gasteiger partial charge in [0.25, 0.3) is 0 Å². The number of aliphatic hydroxyl groups is 1. The van der Waals surface area contributed by atoms with E-state index in [0.29, 0.717) is 25.8 Å². The molecule has 7 heteroatoms. The standard InChI is InChI=1S/C20H24N4O3/c25-18-11-15(20(27)22-9-8-16-12-21-13-23-16)10-17(18)24-19(26)7-6-14-4-2-1-3-5-14/h1-7,12-13,15,17-18,25H,8-11H2,(H,21,23)(H,22,27)(H,24,26)/t15-,17+,18+/m0/s1. The summed E-state index contributed by atoms with van der Waals surface area (Å²) < 4.78 is 0. The highest BCUT2D eigenvalue weighted by atomic mass is 16.3. The molecule has 7 nitrogen and oxygen atoms in total. The lowest BCUT2D eigenvalue weighted by atomic mass is 10.1. The summed E-state index contributed by atoms with van der Waals surface area (Å²) in [6.07, 6.45) is 7.22. The fraction of sp³-hybridized carbons (Fsp3) is 0.350. The third-order valence-corrected chi connectivity index (χ3v) is 4.70. The summed E-state index contributed by atoms with van der Waals surface area (Å²) in [4.78, 5) is 31.3. The van der Waals surface area contributed by atoms with Crippen molar-refractivity contribution >= 4 is 17.9 Å².